The smallest absolute Gasteiger partial charge is 0.338 e. The topological polar surface area (TPSA) is 199 Å². The van der Waals surface area contributed by atoms with Gasteiger partial charge in [0.15, 0.2) is 99.8 Å². The molecule has 0 N–H and O–H groups in total. The van der Waals surface area contributed by atoms with Gasteiger partial charge in [0.25, 0.3) is 0 Å². The molecule has 3 saturated carbocycles. The Kier molecular flexibility index (Phi) is 46.9. The van der Waals surface area contributed by atoms with E-state index in [1.165, 1.54) is 11.9 Å². The number of carbonyl (C=O) groups is 3. The predicted molar refractivity (Wildman–Crippen MR) is 599 cm³/mol. The first kappa shape index (κ1) is 123. The molecule has 0 bridgehead atoms. The van der Waals surface area contributed by atoms with Crippen LogP contribution in [0.5, 0.6) is 0 Å². The summed E-state index contributed by atoms with van der Waals surface area (Å²) in [5.41, 5.74) is -1.17. The summed E-state index contributed by atoms with van der Waals surface area (Å²) in [6.45, 7) is 78.8. The van der Waals surface area contributed by atoms with Gasteiger partial charge in [0.05, 0.1) is 42.4 Å². The lowest BCUT2D eigenvalue weighted by atomic mass is 9.35. The largest absolute Gasteiger partial charge is 0.459 e. The first-order chi connectivity index (χ1) is 65.4. The summed E-state index contributed by atoms with van der Waals surface area (Å²) in [6.07, 6.45) is -6.21. The van der Waals surface area contributed by atoms with Gasteiger partial charge in [-0.3, -0.25) is 4.79 Å². The quantitative estimate of drug-likeness (QED) is 0.00871. The summed E-state index contributed by atoms with van der Waals surface area (Å²) in [4.78, 5) is 47.9. The lowest BCUT2D eigenvalue weighted by Gasteiger charge is -2.71. The molecule has 8 rings (SSSR count). The van der Waals surface area contributed by atoms with Crippen molar-refractivity contribution in [2.24, 2.45) is 44.3 Å². The summed E-state index contributed by atoms with van der Waals surface area (Å²) in [5, 5.41) is -0.279. The third-order valence-electron chi connectivity index (χ3n) is 39.8. The second kappa shape index (κ2) is 52.5. The van der Waals surface area contributed by atoms with Gasteiger partial charge in [-0.1, -0.05) is 300 Å². The van der Waals surface area contributed by atoms with Gasteiger partial charge in [0.1, 0.15) is 67.8 Å². The first-order valence-corrected chi connectivity index (χ1v) is 80.9. The summed E-state index contributed by atoms with van der Waals surface area (Å²) >= 11 is 9.98. The van der Waals surface area contributed by atoms with Crippen LogP contribution in [0.1, 0.15) is 292 Å². The second-order valence-electron chi connectivity index (χ2n) is 45.6. The Morgan fingerprint density at radius 3 is 1.30 bits per heavy atom. The number of hydrogen-bond acceptors (Lipinski definition) is 19. The molecule has 4 aliphatic carbocycles. The number of aldehydes is 1. The molecule has 0 spiro atoms. The first-order valence-electron chi connectivity index (χ1n) is 56.6. The van der Waals surface area contributed by atoms with E-state index in [2.05, 4.69) is 264 Å². The zero-order chi connectivity index (χ0) is 103. The van der Waals surface area contributed by atoms with Crippen LogP contribution in [-0.2, 0) is 94.0 Å². The van der Waals surface area contributed by atoms with Crippen molar-refractivity contribution in [1.82, 2.24) is 0 Å². The minimum atomic E-state index is -2.99. The van der Waals surface area contributed by atoms with Crippen molar-refractivity contribution in [3.05, 3.63) is 47.5 Å². The van der Waals surface area contributed by atoms with E-state index in [1.807, 2.05) is 30.3 Å². The molecule has 19 nitrogen and oxygen atoms in total. The van der Waals surface area contributed by atoms with Crippen LogP contribution in [0.15, 0.2) is 42.0 Å². The highest BCUT2D eigenvalue weighted by Gasteiger charge is 2.73. The Morgan fingerprint density at radius 1 is 0.449 bits per heavy atom. The SMILES string of the molecule is CC[Si](CC)(CC)OCC1O[C@@H](OC2[C@H](O[C@H]3CCC4(C)C(CCC5(C)C4CC=C4C(I)[C@@](CCC(C)(C)C)(C(=O)Cl)[C@@H](O[Si](CC)(CC)CC)CC45C)C3(C)C=O)OC(C(=O)OCc3ccccc3)[C@@H](O[Si](CC)(CC)CC)[C@@H]2O[C@@H]2OC[C@@H](O[Si](CC)(CC)CC)C(O[Si](CC)(CC)CC)C2O[Si](CC)(CC)CC)C(O[Si](CC)(CC)CC)C(O[Si](CC)(CC)CC)[C@H]1O[Si](CC)(CC)CC. The number of allylic oxidation sites excluding steroid dienone is 2. The number of ether oxygens (including phenoxy) is 7. The highest BCUT2D eigenvalue weighted by molar-refractivity contribution is 14.1. The predicted octanol–water partition coefficient (Wildman–Crippen LogP) is 30.0. The Hall–Kier alpha value is 0.142. The molecule has 7 aliphatic rings. The van der Waals surface area contributed by atoms with Gasteiger partial charge in [-0.15, -0.1) is 0 Å². The van der Waals surface area contributed by atoms with Crippen molar-refractivity contribution >= 4 is 127 Å². The summed E-state index contributed by atoms with van der Waals surface area (Å²) < 4.78 is 130. The monoisotopic (exact) mass is 2220 g/mol. The number of esters is 1. The van der Waals surface area contributed by atoms with E-state index in [1.54, 1.807) is 0 Å². The molecule has 0 amide bonds. The maximum atomic E-state index is 16.9. The lowest BCUT2D eigenvalue weighted by molar-refractivity contribution is -0.387. The molecule has 30 heteroatoms. The fourth-order valence-corrected chi connectivity index (χ4v) is 54.8. The molecular formula is C108H204ClIO19Si9. The number of alkyl halides is 1. The summed E-state index contributed by atoms with van der Waals surface area (Å²) in [6, 6.07) is 33.3. The van der Waals surface area contributed by atoms with E-state index in [9.17, 15) is 0 Å². The minimum absolute atomic E-state index is 0.0518. The van der Waals surface area contributed by atoms with E-state index in [0.717, 1.165) is 176 Å². The number of fused-ring (bicyclic) bond motifs is 5. The van der Waals surface area contributed by atoms with Crippen LogP contribution in [0, 0.1) is 44.3 Å². The number of hydrogen-bond donors (Lipinski definition) is 0. The van der Waals surface area contributed by atoms with Crippen LogP contribution in [0.4, 0.5) is 0 Å². The normalized spacial score (nSPS) is 32.8. The summed E-state index contributed by atoms with van der Waals surface area (Å²) in [5.74, 6) is -0.746. The van der Waals surface area contributed by atoms with Crippen molar-refractivity contribution in [2.75, 3.05) is 13.2 Å². The molecule has 14 unspecified atom stereocenters. The average molecular weight is 2220 g/mol. The molecule has 0 radical (unpaired) electrons. The van der Waals surface area contributed by atoms with Crippen molar-refractivity contribution in [1.29, 1.82) is 0 Å². The molecule has 1 aromatic carbocycles. The zero-order valence-corrected chi connectivity index (χ0v) is 106. The van der Waals surface area contributed by atoms with Gasteiger partial charge in [-0.05, 0) is 265 Å². The zero-order valence-electron chi connectivity index (χ0n) is 93.9. The van der Waals surface area contributed by atoms with Gasteiger partial charge in [-0.2, -0.15) is 0 Å². The number of carbonyl (C=O) groups excluding carboxylic acids is 3. The Balaban J connectivity index is 1.52. The van der Waals surface area contributed by atoms with Gasteiger partial charge in [-0.25, -0.2) is 4.79 Å². The van der Waals surface area contributed by atoms with E-state index < -0.39 is 201 Å². The van der Waals surface area contributed by atoms with Gasteiger partial charge in [0, 0.05) is 3.92 Å². The van der Waals surface area contributed by atoms with E-state index in [-0.39, 0.29) is 51.7 Å². The van der Waals surface area contributed by atoms with Crippen molar-refractivity contribution < 1.29 is 87.4 Å². The minimum Gasteiger partial charge on any atom is -0.459 e. The fraction of sp³-hybridized carbons (Fsp3) is 0.898. The Bertz CT molecular complexity index is 3810. The molecule has 0 aromatic heterocycles. The van der Waals surface area contributed by atoms with Gasteiger partial charge < -0.3 is 77.8 Å². The fourth-order valence-electron chi connectivity index (χ4n) is 26.9. The molecule has 3 heterocycles. The van der Waals surface area contributed by atoms with Crippen LogP contribution < -0.4 is 0 Å². The van der Waals surface area contributed by atoms with Gasteiger partial charge in [0.2, 0.25) is 5.24 Å². The number of rotatable bonds is 59. The highest BCUT2D eigenvalue weighted by Crippen LogP contribution is 2.75. The van der Waals surface area contributed by atoms with E-state index in [0.29, 0.717) is 43.8 Å². The molecule has 1 aromatic rings. The average Bonchev–Trinajstić information content (AvgIpc) is 0.670. The molecule has 3 saturated heterocycles. The standard InChI is InChI=1S/C108H204ClIO19Si9/c1-35-130(36-2,37-3)116-78-82-88(124-133(44-10,45-11)46-12)91(126-135(50-16,51-17)52-18)96(129-138(59-25,60-26)61-27)101(117-82)121-94-90(119-99-95(128-137(56-22,57-23)58-24)89(125-134(47-13,48-14)49-15)83(77-115-99)122-131(38-4,39-5)40-6)92(127-136(53-19,54-20)55-21)93(98(112)114-76-80-65-63-62-64-66-80)120-100(94)118-86-70-71-104(31)84(105(86,32)79-111)69-72-106(33)85(104)68-67-81-97(110)108(102(109)113,74-73-103(28,29)30)87(75-107(81,106)34)123-132(41-7,42-8)43-9/h62-67,79,82-97,99-101H,35-61,68-78H2,1-34H3/t82?,83-,84?,85?,86+,87+,88+,89?,90+,91?,92+,93?,94?,95?,96?,97?,99+,100-,101+,104?,105?,106?,107?,108+/m1/s1. The highest BCUT2D eigenvalue weighted by atomic mass is 127. The Morgan fingerprint density at radius 2 is 0.855 bits per heavy atom. The maximum absolute atomic E-state index is 16.9. The lowest BCUT2D eigenvalue weighted by Crippen LogP contribution is -2.72. The van der Waals surface area contributed by atoms with Crippen molar-refractivity contribution in [2.45, 2.75) is 559 Å². The third-order valence-corrected chi connectivity index (χ3v) is 83.8. The number of halogens is 2. The van der Waals surface area contributed by atoms with Crippen LogP contribution in [-0.4, -0.2) is 208 Å². The molecule has 24 atom stereocenters. The summed E-state index contributed by atoms with van der Waals surface area (Å²) in [7, 11) is -23.7. The van der Waals surface area contributed by atoms with Crippen LogP contribution in [0.2, 0.25) is 163 Å². The van der Waals surface area contributed by atoms with Gasteiger partial charge >= 0.3 is 5.97 Å². The van der Waals surface area contributed by atoms with Crippen molar-refractivity contribution in [3.63, 3.8) is 0 Å². The number of benzene rings is 1. The Labute approximate surface area is 870 Å². The molecule has 800 valence electrons. The second-order valence-corrected chi connectivity index (χ2v) is 89.8. The van der Waals surface area contributed by atoms with E-state index in [4.69, 9.17) is 84.6 Å². The van der Waals surface area contributed by atoms with Crippen LogP contribution in [0.25, 0.3) is 0 Å². The van der Waals surface area contributed by atoms with Crippen LogP contribution in [0.3, 0.4) is 0 Å². The van der Waals surface area contributed by atoms with E-state index >= 15 is 14.4 Å². The van der Waals surface area contributed by atoms with Crippen molar-refractivity contribution in [3.8, 4) is 0 Å². The third kappa shape index (κ3) is 25.5. The maximum Gasteiger partial charge on any atom is 0.338 e. The molecular weight excluding hydrogens is 2020 g/mol. The van der Waals surface area contributed by atoms with Crippen LogP contribution >= 0.6 is 34.2 Å². The molecule has 3 aliphatic heterocycles. The molecule has 138 heavy (non-hydrogen) atoms. The molecule has 6 fully saturated rings.